The Bertz CT molecular complexity index is 398. The number of carboxylic acids is 1. The van der Waals surface area contributed by atoms with Gasteiger partial charge in [0.25, 0.3) is 0 Å². The Hall–Kier alpha value is -1.85. The van der Waals surface area contributed by atoms with Crippen molar-refractivity contribution in [3.05, 3.63) is 12.3 Å². The number of aliphatic carboxylic acids is 1. The van der Waals surface area contributed by atoms with Crippen molar-refractivity contribution in [2.75, 3.05) is 18.5 Å². The van der Waals surface area contributed by atoms with Gasteiger partial charge in [0.1, 0.15) is 0 Å². The molecule has 6 heteroatoms. The molecular weight excluding hydrogens is 246 g/mol. The lowest BCUT2D eigenvalue weighted by atomic mass is 10.0. The maximum Gasteiger partial charge on any atom is 0.303 e. The van der Waals surface area contributed by atoms with Crippen LogP contribution in [0.4, 0.5) is 5.95 Å². The summed E-state index contributed by atoms with van der Waals surface area (Å²) in [6.07, 6.45) is 3.49. The molecule has 2 N–H and O–H groups in total. The van der Waals surface area contributed by atoms with E-state index in [1.807, 2.05) is 13.8 Å². The molecule has 0 aliphatic carbocycles. The molecule has 0 bridgehead atoms. The van der Waals surface area contributed by atoms with E-state index in [1.165, 1.54) is 0 Å². The van der Waals surface area contributed by atoms with Gasteiger partial charge < -0.3 is 15.2 Å². The van der Waals surface area contributed by atoms with Crippen LogP contribution in [-0.2, 0) is 4.79 Å². The molecule has 1 aromatic heterocycles. The van der Waals surface area contributed by atoms with Gasteiger partial charge in [0.05, 0.1) is 6.61 Å². The van der Waals surface area contributed by atoms with Crippen LogP contribution in [0, 0.1) is 5.92 Å². The summed E-state index contributed by atoms with van der Waals surface area (Å²) in [4.78, 5) is 19.0. The maximum atomic E-state index is 10.7. The second-order valence-corrected chi connectivity index (χ2v) is 4.32. The second kappa shape index (κ2) is 8.29. The van der Waals surface area contributed by atoms with Crippen LogP contribution in [0.3, 0.4) is 0 Å². The third-order valence-corrected chi connectivity index (χ3v) is 2.67. The van der Waals surface area contributed by atoms with E-state index in [2.05, 4.69) is 15.3 Å². The molecule has 19 heavy (non-hydrogen) atoms. The summed E-state index contributed by atoms with van der Waals surface area (Å²) in [5.74, 6) is 0.291. The van der Waals surface area contributed by atoms with Gasteiger partial charge in [0, 0.05) is 25.2 Å². The van der Waals surface area contributed by atoms with Gasteiger partial charge in [-0.15, -0.1) is 0 Å². The number of nitrogens with zero attached hydrogens (tertiary/aromatic N) is 2. The predicted octanol–water partition coefficient (Wildman–Crippen LogP) is 2.18. The Morgan fingerprint density at radius 2 is 2.32 bits per heavy atom. The molecule has 1 atom stereocenters. The topological polar surface area (TPSA) is 84.3 Å². The first-order valence-corrected chi connectivity index (χ1v) is 6.57. The molecule has 1 rings (SSSR count). The van der Waals surface area contributed by atoms with Gasteiger partial charge in [-0.2, -0.15) is 4.98 Å². The van der Waals surface area contributed by atoms with Crippen molar-refractivity contribution in [2.24, 2.45) is 5.92 Å². The van der Waals surface area contributed by atoms with Crippen LogP contribution in [0.1, 0.15) is 33.1 Å². The fourth-order valence-corrected chi connectivity index (χ4v) is 1.56. The van der Waals surface area contributed by atoms with E-state index < -0.39 is 5.97 Å². The van der Waals surface area contributed by atoms with Crippen molar-refractivity contribution >= 4 is 11.9 Å². The molecule has 1 aromatic rings. The summed E-state index contributed by atoms with van der Waals surface area (Å²) < 4.78 is 5.41. The van der Waals surface area contributed by atoms with Gasteiger partial charge in [-0.1, -0.05) is 20.3 Å². The number of carboxylic acid groups (broad SMARTS) is 1. The fourth-order valence-electron chi connectivity index (χ4n) is 1.56. The van der Waals surface area contributed by atoms with E-state index in [0.717, 1.165) is 12.8 Å². The van der Waals surface area contributed by atoms with Gasteiger partial charge in [0.2, 0.25) is 11.8 Å². The zero-order chi connectivity index (χ0) is 14.1. The standard InChI is InChI=1S/C13H21N3O3/c1-3-7-19-11-5-6-14-13(16-11)15-9-10(4-2)8-12(17)18/h5-6,10H,3-4,7-9H2,1-2H3,(H,17,18)(H,14,15,16). The molecule has 106 valence electrons. The average Bonchev–Trinajstić information content (AvgIpc) is 2.41. The van der Waals surface area contributed by atoms with E-state index in [1.54, 1.807) is 12.3 Å². The van der Waals surface area contributed by atoms with Crippen molar-refractivity contribution in [1.29, 1.82) is 0 Å². The second-order valence-electron chi connectivity index (χ2n) is 4.32. The van der Waals surface area contributed by atoms with Gasteiger partial charge in [0.15, 0.2) is 0 Å². The number of ether oxygens (including phenoxy) is 1. The zero-order valence-electron chi connectivity index (χ0n) is 11.4. The summed E-state index contributed by atoms with van der Waals surface area (Å²) in [5, 5.41) is 11.8. The molecule has 1 heterocycles. The summed E-state index contributed by atoms with van der Waals surface area (Å²) in [5.41, 5.74) is 0. The number of rotatable bonds is 9. The van der Waals surface area contributed by atoms with Crippen LogP contribution < -0.4 is 10.1 Å². The van der Waals surface area contributed by atoms with Gasteiger partial charge in [-0.25, -0.2) is 4.98 Å². The number of hydrogen-bond acceptors (Lipinski definition) is 5. The first kappa shape index (κ1) is 15.2. The fraction of sp³-hybridized carbons (Fsp3) is 0.615. The summed E-state index contributed by atoms with van der Waals surface area (Å²) in [7, 11) is 0. The number of hydrogen-bond donors (Lipinski definition) is 2. The highest BCUT2D eigenvalue weighted by Crippen LogP contribution is 2.12. The van der Waals surface area contributed by atoms with E-state index in [9.17, 15) is 4.79 Å². The number of aromatic nitrogens is 2. The van der Waals surface area contributed by atoms with E-state index in [-0.39, 0.29) is 12.3 Å². The highest BCUT2D eigenvalue weighted by molar-refractivity contribution is 5.67. The Morgan fingerprint density at radius 1 is 1.53 bits per heavy atom. The molecule has 0 amide bonds. The Balaban J connectivity index is 2.49. The quantitative estimate of drug-likeness (QED) is 0.713. The van der Waals surface area contributed by atoms with Crippen molar-refractivity contribution < 1.29 is 14.6 Å². The lowest BCUT2D eigenvalue weighted by Crippen LogP contribution is -2.18. The molecule has 0 aliphatic rings. The van der Waals surface area contributed by atoms with E-state index >= 15 is 0 Å². The molecular formula is C13H21N3O3. The summed E-state index contributed by atoms with van der Waals surface area (Å²) >= 11 is 0. The Morgan fingerprint density at radius 3 is 2.95 bits per heavy atom. The maximum absolute atomic E-state index is 10.7. The van der Waals surface area contributed by atoms with Crippen molar-refractivity contribution in [1.82, 2.24) is 9.97 Å². The van der Waals surface area contributed by atoms with Crippen molar-refractivity contribution in [3.63, 3.8) is 0 Å². The molecule has 0 saturated carbocycles. The molecule has 1 unspecified atom stereocenters. The highest BCUT2D eigenvalue weighted by atomic mass is 16.5. The molecule has 0 saturated heterocycles. The first-order chi connectivity index (χ1) is 9.15. The van der Waals surface area contributed by atoms with Crippen molar-refractivity contribution in [3.8, 4) is 5.88 Å². The smallest absolute Gasteiger partial charge is 0.303 e. The molecule has 0 spiro atoms. The SMILES string of the molecule is CCCOc1ccnc(NCC(CC)CC(=O)O)n1. The van der Waals surface area contributed by atoms with E-state index in [0.29, 0.717) is 25.0 Å². The third kappa shape index (κ3) is 6.03. The monoisotopic (exact) mass is 267 g/mol. The van der Waals surface area contributed by atoms with Crippen LogP contribution in [0.2, 0.25) is 0 Å². The highest BCUT2D eigenvalue weighted by Gasteiger charge is 2.11. The summed E-state index contributed by atoms with van der Waals surface area (Å²) in [6.45, 7) is 5.15. The molecule has 6 nitrogen and oxygen atoms in total. The minimum Gasteiger partial charge on any atom is -0.481 e. The zero-order valence-corrected chi connectivity index (χ0v) is 11.4. The lowest BCUT2D eigenvalue weighted by Gasteiger charge is -2.13. The molecule has 0 fully saturated rings. The Labute approximate surface area is 113 Å². The van der Waals surface area contributed by atoms with Crippen LogP contribution in [0.5, 0.6) is 5.88 Å². The normalized spacial score (nSPS) is 11.9. The lowest BCUT2D eigenvalue weighted by molar-refractivity contribution is -0.138. The molecule has 0 aromatic carbocycles. The van der Waals surface area contributed by atoms with Gasteiger partial charge in [-0.3, -0.25) is 4.79 Å². The first-order valence-electron chi connectivity index (χ1n) is 6.57. The van der Waals surface area contributed by atoms with Crippen molar-refractivity contribution in [2.45, 2.75) is 33.1 Å². The van der Waals surface area contributed by atoms with Crippen LogP contribution >= 0.6 is 0 Å². The number of anilines is 1. The van der Waals surface area contributed by atoms with Crippen LogP contribution in [-0.4, -0.2) is 34.2 Å². The Kier molecular flexibility index (Phi) is 6.63. The largest absolute Gasteiger partial charge is 0.481 e. The third-order valence-electron chi connectivity index (χ3n) is 2.67. The van der Waals surface area contributed by atoms with Crippen LogP contribution in [0.25, 0.3) is 0 Å². The molecule has 0 aliphatic heterocycles. The van der Waals surface area contributed by atoms with Gasteiger partial charge in [-0.05, 0) is 12.3 Å². The average molecular weight is 267 g/mol. The number of carbonyl (C=O) groups is 1. The van der Waals surface area contributed by atoms with E-state index in [4.69, 9.17) is 9.84 Å². The summed E-state index contributed by atoms with van der Waals surface area (Å²) in [6, 6.07) is 1.70. The minimum atomic E-state index is -0.783. The number of nitrogens with one attached hydrogen (secondary N) is 1. The van der Waals surface area contributed by atoms with Gasteiger partial charge >= 0.3 is 5.97 Å². The van der Waals surface area contributed by atoms with Crippen LogP contribution in [0.15, 0.2) is 12.3 Å². The molecule has 0 radical (unpaired) electrons. The minimum absolute atomic E-state index is 0.0707. The predicted molar refractivity (Wildman–Crippen MR) is 72.3 cm³/mol.